The Morgan fingerprint density at radius 3 is 1.27 bits per heavy atom. The van der Waals surface area contributed by atoms with Crippen molar-refractivity contribution in [2.45, 2.75) is 52.4 Å². The average Bonchev–Trinajstić information content (AvgIpc) is 3.91. The van der Waals surface area contributed by atoms with E-state index in [9.17, 15) is 0 Å². The van der Waals surface area contributed by atoms with Crippen LogP contribution in [0.3, 0.4) is 0 Å². The molecule has 4 aromatic heterocycles. The monoisotopic (exact) mass is 638 g/mol. The zero-order chi connectivity index (χ0) is 33.9. The van der Waals surface area contributed by atoms with Crippen LogP contribution in [0.25, 0.3) is 78.6 Å². The van der Waals surface area contributed by atoms with Crippen LogP contribution in [0.2, 0.25) is 0 Å². The number of nitrogens with zero attached hydrogens (tertiary/aromatic N) is 1. The molecule has 8 rings (SSSR count). The van der Waals surface area contributed by atoms with Gasteiger partial charge in [0.15, 0.2) is 0 Å². The molecule has 242 valence electrons. The van der Waals surface area contributed by atoms with Gasteiger partial charge in [-0.15, -0.1) is 0 Å². The Bertz CT molecular complexity index is 2460. The van der Waals surface area contributed by atoms with Crippen molar-refractivity contribution in [3.8, 4) is 33.4 Å². The first-order chi connectivity index (χ1) is 23.5. The number of rotatable bonds is 3. The number of aromatic amines is 3. The van der Waals surface area contributed by atoms with Gasteiger partial charge in [-0.1, -0.05) is 120 Å². The van der Waals surface area contributed by atoms with Crippen molar-refractivity contribution in [1.82, 2.24) is 19.9 Å². The van der Waals surface area contributed by atoms with Crippen LogP contribution < -0.4 is 0 Å². The van der Waals surface area contributed by atoms with E-state index in [1.54, 1.807) is 0 Å². The Balaban J connectivity index is 1.57. The maximum atomic E-state index is 5.21. The fourth-order valence-corrected chi connectivity index (χ4v) is 6.92. The molecule has 0 saturated carbocycles. The van der Waals surface area contributed by atoms with Crippen LogP contribution in [0.1, 0.15) is 64.1 Å². The standard InChI is InChI=1S/C45H42N4/c1-44(2,3)31-25-30(26-32(27-31)45(4,5)6)43-39-23-21-37(48-39)41(28-13-9-7-10-14-28)35-19-17-33(46-35)34-18-20-36(47-34)42(29-15-11-8-12-16-29)38-22-24-40(43)49-38/h7-27,46,48-49H,1-6H3. The molecule has 0 fully saturated rings. The lowest BCUT2D eigenvalue weighted by Crippen LogP contribution is -2.16. The highest BCUT2D eigenvalue weighted by atomic mass is 14.8. The van der Waals surface area contributed by atoms with Crippen LogP contribution in [0.5, 0.6) is 0 Å². The van der Waals surface area contributed by atoms with Gasteiger partial charge >= 0.3 is 0 Å². The van der Waals surface area contributed by atoms with E-state index in [-0.39, 0.29) is 10.8 Å². The largest absolute Gasteiger partial charge is 0.354 e. The second kappa shape index (κ2) is 11.5. The zero-order valence-corrected chi connectivity index (χ0v) is 29.1. The van der Waals surface area contributed by atoms with E-state index in [2.05, 4.69) is 184 Å². The van der Waals surface area contributed by atoms with E-state index >= 15 is 0 Å². The quantitative estimate of drug-likeness (QED) is 0.177. The molecule has 8 bridgehead atoms. The summed E-state index contributed by atoms with van der Waals surface area (Å²) in [4.78, 5) is 16.7. The Labute approximate surface area is 288 Å². The summed E-state index contributed by atoms with van der Waals surface area (Å²) >= 11 is 0. The molecule has 7 aromatic rings. The summed E-state index contributed by atoms with van der Waals surface area (Å²) < 4.78 is 0. The van der Waals surface area contributed by atoms with Crippen molar-refractivity contribution in [3.05, 3.63) is 138 Å². The van der Waals surface area contributed by atoms with Crippen LogP contribution >= 0.6 is 0 Å². The zero-order valence-electron chi connectivity index (χ0n) is 29.1. The lowest BCUT2D eigenvalue weighted by molar-refractivity contribution is 0.569. The summed E-state index contributed by atoms with van der Waals surface area (Å²) in [7, 11) is 0. The van der Waals surface area contributed by atoms with Gasteiger partial charge in [0.2, 0.25) is 0 Å². The maximum Gasteiger partial charge on any atom is 0.0872 e. The molecule has 0 unspecified atom stereocenters. The fourth-order valence-electron chi connectivity index (χ4n) is 6.92. The third-order valence-corrected chi connectivity index (χ3v) is 9.66. The minimum absolute atomic E-state index is 0.0207. The molecule has 0 radical (unpaired) electrons. The smallest absolute Gasteiger partial charge is 0.0872 e. The van der Waals surface area contributed by atoms with Gasteiger partial charge in [-0.05, 0) is 87.2 Å². The molecule has 3 N–H and O–H groups in total. The van der Waals surface area contributed by atoms with Gasteiger partial charge in [0, 0.05) is 44.3 Å². The van der Waals surface area contributed by atoms with Gasteiger partial charge < -0.3 is 15.0 Å². The number of nitrogens with one attached hydrogen (secondary N) is 3. The summed E-state index contributed by atoms with van der Waals surface area (Å²) in [6.45, 7) is 13.8. The molecule has 0 amide bonds. The van der Waals surface area contributed by atoms with Crippen molar-refractivity contribution in [2.24, 2.45) is 0 Å². The number of hydrogen-bond donors (Lipinski definition) is 3. The van der Waals surface area contributed by atoms with E-state index in [0.29, 0.717) is 0 Å². The molecule has 0 saturated heterocycles. The summed E-state index contributed by atoms with van der Waals surface area (Å²) in [5.41, 5.74) is 17.4. The number of fused-ring (bicyclic) bond motifs is 9. The van der Waals surface area contributed by atoms with Gasteiger partial charge in [0.05, 0.1) is 16.9 Å². The minimum Gasteiger partial charge on any atom is -0.354 e. The van der Waals surface area contributed by atoms with Crippen molar-refractivity contribution in [3.63, 3.8) is 0 Å². The number of aromatic nitrogens is 4. The van der Waals surface area contributed by atoms with Crippen LogP contribution in [0.4, 0.5) is 0 Å². The van der Waals surface area contributed by atoms with Crippen LogP contribution in [-0.2, 0) is 10.8 Å². The molecule has 4 heteroatoms. The molecule has 0 aliphatic carbocycles. The predicted octanol–water partition coefficient (Wildman–Crippen LogP) is 12.3. The van der Waals surface area contributed by atoms with E-state index in [1.165, 1.54) is 16.7 Å². The van der Waals surface area contributed by atoms with Gasteiger partial charge in [0.25, 0.3) is 0 Å². The molecule has 3 aromatic carbocycles. The highest BCUT2D eigenvalue weighted by Gasteiger charge is 2.22. The second-order valence-corrected chi connectivity index (χ2v) is 15.2. The molecule has 49 heavy (non-hydrogen) atoms. The number of benzene rings is 3. The first kappa shape index (κ1) is 30.7. The molecule has 1 aliphatic rings. The van der Waals surface area contributed by atoms with E-state index in [0.717, 1.165) is 72.3 Å². The Morgan fingerprint density at radius 2 is 0.776 bits per heavy atom. The van der Waals surface area contributed by atoms with E-state index < -0.39 is 0 Å². The van der Waals surface area contributed by atoms with Crippen LogP contribution in [-0.4, -0.2) is 19.9 Å². The molecule has 0 atom stereocenters. The molecular weight excluding hydrogens is 597 g/mol. The lowest BCUT2D eigenvalue weighted by Gasteiger charge is -2.26. The topological polar surface area (TPSA) is 60.3 Å². The average molecular weight is 639 g/mol. The number of H-pyrrole nitrogens is 3. The summed E-state index contributed by atoms with van der Waals surface area (Å²) in [6.07, 6.45) is 4.25. The molecule has 5 heterocycles. The van der Waals surface area contributed by atoms with Crippen molar-refractivity contribution in [1.29, 1.82) is 0 Å². The van der Waals surface area contributed by atoms with Gasteiger partial charge in [-0.25, -0.2) is 4.98 Å². The predicted molar refractivity (Wildman–Crippen MR) is 209 cm³/mol. The van der Waals surface area contributed by atoms with Crippen molar-refractivity contribution < 1.29 is 0 Å². The first-order valence-electron chi connectivity index (χ1n) is 17.1. The third kappa shape index (κ3) is 5.67. The molecule has 1 aliphatic heterocycles. The highest BCUT2D eigenvalue weighted by molar-refractivity contribution is 6.00. The summed E-state index contributed by atoms with van der Waals surface area (Å²) in [6, 6.07) is 41.5. The second-order valence-electron chi connectivity index (χ2n) is 15.2. The fraction of sp³-hybridized carbons (Fsp3) is 0.178. The SMILES string of the molecule is CC(C)(C)c1cc(-c2c3ccc([nH]3)c(-c3ccccc3)c3nc(c4ccc([nH]4)c(-c4ccccc4)c4ccc2[nH]4)C=C3)cc(C(C)(C)C)c1. The van der Waals surface area contributed by atoms with Crippen LogP contribution in [0.15, 0.2) is 115 Å². The Kier molecular flexibility index (Phi) is 7.22. The highest BCUT2D eigenvalue weighted by Crippen LogP contribution is 2.39. The maximum absolute atomic E-state index is 5.21. The summed E-state index contributed by atoms with van der Waals surface area (Å²) in [5, 5.41) is 0. The molecular formula is C45H42N4. The van der Waals surface area contributed by atoms with Crippen molar-refractivity contribution >= 4 is 45.3 Å². The molecule has 0 spiro atoms. The lowest BCUT2D eigenvalue weighted by atomic mass is 9.79. The van der Waals surface area contributed by atoms with Gasteiger partial charge in [0.1, 0.15) is 0 Å². The van der Waals surface area contributed by atoms with Gasteiger partial charge in [-0.2, -0.15) is 0 Å². The minimum atomic E-state index is -0.0207. The Morgan fingerprint density at radius 1 is 0.388 bits per heavy atom. The number of hydrogen-bond acceptors (Lipinski definition) is 1. The first-order valence-corrected chi connectivity index (χ1v) is 17.1. The van der Waals surface area contributed by atoms with E-state index in [1.807, 2.05) is 0 Å². The van der Waals surface area contributed by atoms with Crippen molar-refractivity contribution in [2.75, 3.05) is 0 Å². The summed E-state index contributed by atoms with van der Waals surface area (Å²) in [5.74, 6) is 0. The normalized spacial score (nSPS) is 12.6. The molecule has 4 nitrogen and oxygen atoms in total. The van der Waals surface area contributed by atoms with Crippen LogP contribution in [0, 0.1) is 0 Å². The third-order valence-electron chi connectivity index (χ3n) is 9.66. The van der Waals surface area contributed by atoms with E-state index in [4.69, 9.17) is 4.98 Å². The Hall–Kier alpha value is -5.61. The van der Waals surface area contributed by atoms with Gasteiger partial charge in [-0.3, -0.25) is 0 Å².